The highest BCUT2D eigenvalue weighted by molar-refractivity contribution is 4.79. The maximum atomic E-state index is 9.68. The summed E-state index contributed by atoms with van der Waals surface area (Å²) in [6, 6.07) is 2.17. The molecule has 1 saturated heterocycles. The first-order valence-electron chi connectivity index (χ1n) is 5.55. The lowest BCUT2D eigenvalue weighted by Crippen LogP contribution is -2.50. The number of nitrogens with zero attached hydrogens (tertiary/aromatic N) is 3. The Labute approximate surface area is 92.1 Å². The van der Waals surface area contributed by atoms with Gasteiger partial charge >= 0.3 is 0 Å². The molecule has 1 aliphatic rings. The fraction of sp³-hybridized carbons (Fsp3) is 0.909. The van der Waals surface area contributed by atoms with E-state index in [1.165, 1.54) is 0 Å². The van der Waals surface area contributed by atoms with Gasteiger partial charge in [0.2, 0.25) is 0 Å². The van der Waals surface area contributed by atoms with Crippen LogP contribution in [-0.4, -0.2) is 59.8 Å². The summed E-state index contributed by atoms with van der Waals surface area (Å²) in [5.41, 5.74) is -0.602. The SMILES string of the molecule is CC(C)(O)CN1CCN(CCC#N)CC1. The molecule has 1 fully saturated rings. The Hall–Kier alpha value is -0.630. The number of piperazine rings is 1. The van der Waals surface area contributed by atoms with Crippen LogP contribution in [0.4, 0.5) is 0 Å². The van der Waals surface area contributed by atoms with Crippen LogP contribution in [0, 0.1) is 11.3 Å². The van der Waals surface area contributed by atoms with E-state index in [1.807, 2.05) is 13.8 Å². The predicted molar refractivity (Wildman–Crippen MR) is 59.4 cm³/mol. The van der Waals surface area contributed by atoms with Gasteiger partial charge in [0.05, 0.1) is 11.7 Å². The Kier molecular flexibility index (Phi) is 4.52. The second-order valence-corrected chi connectivity index (χ2v) is 4.84. The number of aliphatic hydroxyl groups is 1. The summed E-state index contributed by atoms with van der Waals surface area (Å²) in [6.45, 7) is 9.32. The molecule has 4 nitrogen and oxygen atoms in total. The Balaban J connectivity index is 2.21. The van der Waals surface area contributed by atoms with Gasteiger partial charge < -0.3 is 5.11 Å². The third kappa shape index (κ3) is 5.12. The zero-order valence-corrected chi connectivity index (χ0v) is 9.74. The van der Waals surface area contributed by atoms with Gasteiger partial charge in [-0.15, -0.1) is 0 Å². The minimum Gasteiger partial charge on any atom is -0.389 e. The van der Waals surface area contributed by atoms with E-state index in [-0.39, 0.29) is 0 Å². The lowest BCUT2D eigenvalue weighted by Gasteiger charge is -2.36. The molecule has 0 atom stereocenters. The Morgan fingerprint density at radius 3 is 2.20 bits per heavy atom. The second kappa shape index (κ2) is 5.45. The Morgan fingerprint density at radius 1 is 1.20 bits per heavy atom. The van der Waals surface area contributed by atoms with E-state index in [9.17, 15) is 5.11 Å². The van der Waals surface area contributed by atoms with E-state index in [2.05, 4.69) is 15.9 Å². The summed E-state index contributed by atoms with van der Waals surface area (Å²) in [4.78, 5) is 4.59. The molecule has 4 heteroatoms. The third-order valence-electron chi connectivity index (χ3n) is 2.62. The quantitative estimate of drug-likeness (QED) is 0.726. The maximum Gasteiger partial charge on any atom is 0.0718 e. The first kappa shape index (κ1) is 12.4. The van der Waals surface area contributed by atoms with Crippen molar-refractivity contribution in [3.8, 4) is 6.07 Å². The molecular weight excluding hydrogens is 190 g/mol. The summed E-state index contributed by atoms with van der Waals surface area (Å²) >= 11 is 0. The van der Waals surface area contributed by atoms with Gasteiger partial charge in [0.15, 0.2) is 0 Å². The lowest BCUT2D eigenvalue weighted by molar-refractivity contribution is 0.0181. The van der Waals surface area contributed by atoms with Gasteiger partial charge in [-0.3, -0.25) is 9.80 Å². The summed E-state index contributed by atoms with van der Waals surface area (Å²) < 4.78 is 0. The monoisotopic (exact) mass is 211 g/mol. The molecule has 86 valence electrons. The molecule has 0 unspecified atom stereocenters. The molecular formula is C11H21N3O. The van der Waals surface area contributed by atoms with Crippen LogP contribution >= 0.6 is 0 Å². The van der Waals surface area contributed by atoms with E-state index in [1.54, 1.807) is 0 Å². The number of hydrogen-bond donors (Lipinski definition) is 1. The normalized spacial score (nSPS) is 20.1. The molecule has 0 aliphatic carbocycles. The van der Waals surface area contributed by atoms with Gasteiger partial charge in [-0.2, -0.15) is 5.26 Å². The molecule has 0 radical (unpaired) electrons. The number of hydrogen-bond acceptors (Lipinski definition) is 4. The van der Waals surface area contributed by atoms with Crippen molar-refractivity contribution in [3.05, 3.63) is 0 Å². The Morgan fingerprint density at radius 2 is 1.73 bits per heavy atom. The molecule has 1 heterocycles. The zero-order chi connectivity index (χ0) is 11.3. The standard InChI is InChI=1S/C11H21N3O/c1-11(2,15)10-14-8-6-13(7-9-14)5-3-4-12/h15H,3,5-10H2,1-2H3. The molecule has 0 saturated carbocycles. The fourth-order valence-corrected chi connectivity index (χ4v) is 1.93. The van der Waals surface area contributed by atoms with E-state index in [0.717, 1.165) is 39.3 Å². The maximum absolute atomic E-state index is 9.68. The van der Waals surface area contributed by atoms with Crippen LogP contribution in [0.3, 0.4) is 0 Å². The first-order valence-corrected chi connectivity index (χ1v) is 5.55. The summed E-state index contributed by atoms with van der Waals surface area (Å²) in [6.07, 6.45) is 0.617. The van der Waals surface area contributed by atoms with Crippen molar-refractivity contribution in [2.75, 3.05) is 39.3 Å². The summed E-state index contributed by atoms with van der Waals surface area (Å²) in [5.74, 6) is 0. The molecule has 0 aromatic heterocycles. The highest BCUT2D eigenvalue weighted by Gasteiger charge is 2.22. The largest absolute Gasteiger partial charge is 0.389 e. The molecule has 0 bridgehead atoms. The van der Waals surface area contributed by atoms with Crippen LogP contribution in [0.15, 0.2) is 0 Å². The van der Waals surface area contributed by atoms with Crippen molar-refractivity contribution < 1.29 is 5.11 Å². The van der Waals surface area contributed by atoms with E-state index >= 15 is 0 Å². The molecule has 15 heavy (non-hydrogen) atoms. The summed E-state index contributed by atoms with van der Waals surface area (Å²) in [7, 11) is 0. The third-order valence-corrected chi connectivity index (χ3v) is 2.62. The Bertz CT molecular complexity index is 221. The fourth-order valence-electron chi connectivity index (χ4n) is 1.93. The second-order valence-electron chi connectivity index (χ2n) is 4.84. The van der Waals surface area contributed by atoms with Crippen molar-refractivity contribution in [2.24, 2.45) is 0 Å². The van der Waals surface area contributed by atoms with Gasteiger partial charge in [0.25, 0.3) is 0 Å². The van der Waals surface area contributed by atoms with Crippen molar-refractivity contribution in [1.29, 1.82) is 5.26 Å². The van der Waals surface area contributed by atoms with Crippen LogP contribution in [0.5, 0.6) is 0 Å². The minimum atomic E-state index is -0.602. The molecule has 1 aliphatic heterocycles. The topological polar surface area (TPSA) is 50.5 Å². The summed E-state index contributed by atoms with van der Waals surface area (Å²) in [5, 5.41) is 18.2. The van der Waals surface area contributed by atoms with Crippen LogP contribution in [0.1, 0.15) is 20.3 Å². The molecule has 0 aromatic rings. The molecule has 1 N–H and O–H groups in total. The van der Waals surface area contributed by atoms with Gasteiger partial charge in [-0.05, 0) is 13.8 Å². The van der Waals surface area contributed by atoms with Crippen molar-refractivity contribution >= 4 is 0 Å². The van der Waals surface area contributed by atoms with Crippen molar-refractivity contribution in [1.82, 2.24) is 9.80 Å². The number of rotatable bonds is 4. The lowest BCUT2D eigenvalue weighted by atomic mass is 10.1. The van der Waals surface area contributed by atoms with E-state index in [4.69, 9.17) is 5.26 Å². The average molecular weight is 211 g/mol. The van der Waals surface area contributed by atoms with Crippen LogP contribution in [0.2, 0.25) is 0 Å². The molecule has 0 amide bonds. The van der Waals surface area contributed by atoms with Crippen LogP contribution in [-0.2, 0) is 0 Å². The van der Waals surface area contributed by atoms with Crippen LogP contribution < -0.4 is 0 Å². The van der Waals surface area contributed by atoms with Gasteiger partial charge in [-0.1, -0.05) is 0 Å². The minimum absolute atomic E-state index is 0.602. The van der Waals surface area contributed by atoms with Gasteiger partial charge in [-0.25, -0.2) is 0 Å². The zero-order valence-electron chi connectivity index (χ0n) is 9.74. The molecule has 1 rings (SSSR count). The van der Waals surface area contributed by atoms with Crippen LogP contribution in [0.25, 0.3) is 0 Å². The average Bonchev–Trinajstić information content (AvgIpc) is 2.14. The molecule has 0 spiro atoms. The molecule has 0 aromatic carbocycles. The van der Waals surface area contributed by atoms with Crippen molar-refractivity contribution in [3.63, 3.8) is 0 Å². The highest BCUT2D eigenvalue weighted by Crippen LogP contribution is 2.08. The predicted octanol–water partition coefficient (Wildman–Crippen LogP) is 0.289. The smallest absolute Gasteiger partial charge is 0.0718 e. The first-order chi connectivity index (χ1) is 7.01. The number of β-amino-alcohol motifs (C(OH)–C–C–N with tert-alkyl or cyclic N) is 1. The van der Waals surface area contributed by atoms with Gasteiger partial charge in [0, 0.05) is 45.7 Å². The van der Waals surface area contributed by atoms with E-state index < -0.39 is 5.60 Å². The van der Waals surface area contributed by atoms with Crippen molar-refractivity contribution in [2.45, 2.75) is 25.9 Å². The van der Waals surface area contributed by atoms with E-state index in [0.29, 0.717) is 6.42 Å². The highest BCUT2D eigenvalue weighted by atomic mass is 16.3. The number of nitriles is 1. The van der Waals surface area contributed by atoms with Gasteiger partial charge in [0.1, 0.15) is 0 Å².